The SMILES string of the molecule is CCNC(=NCC1(O)CCCC1)NC1CC2CCC1O2.I. The molecule has 2 heterocycles. The Balaban J connectivity index is 0.00000161. The van der Waals surface area contributed by atoms with Crippen LogP contribution in [0.5, 0.6) is 0 Å². The number of hydrogen-bond acceptors (Lipinski definition) is 3. The predicted octanol–water partition coefficient (Wildman–Crippen LogP) is 1.78. The van der Waals surface area contributed by atoms with Crippen molar-refractivity contribution < 1.29 is 9.84 Å². The van der Waals surface area contributed by atoms with Gasteiger partial charge < -0.3 is 20.5 Å². The molecule has 1 saturated carbocycles. The third-order valence-electron chi connectivity index (χ3n) is 4.84. The van der Waals surface area contributed by atoms with Crippen LogP contribution in [0.15, 0.2) is 4.99 Å². The number of nitrogens with zero attached hydrogens (tertiary/aromatic N) is 1. The maximum atomic E-state index is 10.4. The molecule has 0 radical (unpaired) electrons. The normalized spacial score (nSPS) is 33.8. The van der Waals surface area contributed by atoms with Crippen molar-refractivity contribution in [2.75, 3.05) is 13.1 Å². The monoisotopic (exact) mass is 409 g/mol. The van der Waals surface area contributed by atoms with E-state index in [1.54, 1.807) is 0 Å². The Bertz CT molecular complexity index is 372. The molecule has 2 bridgehead atoms. The molecule has 2 saturated heterocycles. The molecule has 0 aromatic carbocycles. The molecular weight excluding hydrogens is 381 g/mol. The molecule has 21 heavy (non-hydrogen) atoms. The number of rotatable bonds is 4. The molecule has 122 valence electrons. The van der Waals surface area contributed by atoms with E-state index in [1.165, 1.54) is 6.42 Å². The molecule has 6 heteroatoms. The van der Waals surface area contributed by atoms with Crippen LogP contribution in [-0.2, 0) is 4.74 Å². The third-order valence-corrected chi connectivity index (χ3v) is 4.84. The summed E-state index contributed by atoms with van der Waals surface area (Å²) in [5.74, 6) is 0.828. The summed E-state index contributed by atoms with van der Waals surface area (Å²) in [5.41, 5.74) is -0.576. The first kappa shape index (κ1) is 17.3. The number of halogens is 1. The topological polar surface area (TPSA) is 65.9 Å². The van der Waals surface area contributed by atoms with E-state index >= 15 is 0 Å². The second-order valence-corrected chi connectivity index (χ2v) is 6.49. The van der Waals surface area contributed by atoms with E-state index in [-0.39, 0.29) is 24.0 Å². The van der Waals surface area contributed by atoms with Gasteiger partial charge in [0.2, 0.25) is 0 Å². The molecule has 3 N–H and O–H groups in total. The van der Waals surface area contributed by atoms with Crippen LogP contribution in [0.25, 0.3) is 0 Å². The van der Waals surface area contributed by atoms with Gasteiger partial charge in [0.05, 0.1) is 30.4 Å². The van der Waals surface area contributed by atoms with E-state index in [0.717, 1.165) is 51.0 Å². The van der Waals surface area contributed by atoms with Crippen LogP contribution < -0.4 is 10.6 Å². The molecule has 0 aromatic rings. The number of ether oxygens (including phenoxy) is 1. The average Bonchev–Trinajstić information content (AvgIpc) is 3.13. The number of nitrogens with one attached hydrogen (secondary N) is 2. The van der Waals surface area contributed by atoms with Crippen LogP contribution in [0.1, 0.15) is 51.9 Å². The van der Waals surface area contributed by atoms with E-state index in [0.29, 0.717) is 24.8 Å². The van der Waals surface area contributed by atoms with Gasteiger partial charge in [0.1, 0.15) is 0 Å². The van der Waals surface area contributed by atoms with E-state index in [1.807, 2.05) is 0 Å². The average molecular weight is 409 g/mol. The summed E-state index contributed by atoms with van der Waals surface area (Å²) >= 11 is 0. The molecule has 3 aliphatic rings. The number of hydrogen-bond donors (Lipinski definition) is 3. The zero-order chi connectivity index (χ0) is 14.0. The quantitative estimate of drug-likeness (QED) is 0.376. The Morgan fingerprint density at radius 2 is 2.10 bits per heavy atom. The van der Waals surface area contributed by atoms with Crippen molar-refractivity contribution in [1.29, 1.82) is 0 Å². The Labute approximate surface area is 144 Å². The molecule has 3 atom stereocenters. The highest BCUT2D eigenvalue weighted by Crippen LogP contribution is 2.34. The predicted molar refractivity (Wildman–Crippen MR) is 94.2 cm³/mol. The fraction of sp³-hybridized carbons (Fsp3) is 0.933. The van der Waals surface area contributed by atoms with Crippen molar-refractivity contribution in [1.82, 2.24) is 10.6 Å². The lowest BCUT2D eigenvalue weighted by atomic mass is 9.96. The van der Waals surface area contributed by atoms with Crippen LogP contribution in [0.4, 0.5) is 0 Å². The van der Waals surface area contributed by atoms with Crippen LogP contribution >= 0.6 is 24.0 Å². The van der Waals surface area contributed by atoms with E-state index in [4.69, 9.17) is 4.74 Å². The molecule has 3 unspecified atom stereocenters. The largest absolute Gasteiger partial charge is 0.388 e. The van der Waals surface area contributed by atoms with Crippen molar-refractivity contribution in [3.05, 3.63) is 0 Å². The lowest BCUT2D eigenvalue weighted by Gasteiger charge is -2.24. The highest BCUT2D eigenvalue weighted by atomic mass is 127. The standard InChI is InChI=1S/C15H27N3O2.HI/c1-2-16-14(17-10-15(19)7-3-4-8-15)18-12-9-11-5-6-13(12)20-11;/h11-13,19H,2-10H2,1H3,(H2,16,17,18);1H. The minimum absolute atomic E-state index is 0. The summed E-state index contributed by atoms with van der Waals surface area (Å²) < 4.78 is 5.87. The van der Waals surface area contributed by atoms with Gasteiger partial charge in [-0.3, -0.25) is 4.99 Å². The molecular formula is C15H28IN3O2. The first-order chi connectivity index (χ1) is 9.68. The van der Waals surface area contributed by atoms with Crippen molar-refractivity contribution >= 4 is 29.9 Å². The highest BCUT2D eigenvalue weighted by Gasteiger charge is 2.41. The minimum atomic E-state index is -0.576. The third kappa shape index (κ3) is 4.22. The van der Waals surface area contributed by atoms with Gasteiger partial charge in [-0.05, 0) is 39.0 Å². The van der Waals surface area contributed by atoms with Crippen molar-refractivity contribution in [2.45, 2.75) is 75.7 Å². The fourth-order valence-corrected chi connectivity index (χ4v) is 3.70. The maximum absolute atomic E-state index is 10.4. The lowest BCUT2D eigenvalue weighted by Crippen LogP contribution is -2.48. The second kappa shape index (κ2) is 7.46. The molecule has 1 aliphatic carbocycles. The number of guanidine groups is 1. The first-order valence-corrected chi connectivity index (χ1v) is 8.11. The number of fused-ring (bicyclic) bond motifs is 2. The summed E-state index contributed by atoms with van der Waals surface area (Å²) in [7, 11) is 0. The molecule has 0 spiro atoms. The van der Waals surface area contributed by atoms with Gasteiger partial charge >= 0.3 is 0 Å². The lowest BCUT2D eigenvalue weighted by molar-refractivity contribution is 0.0573. The van der Waals surface area contributed by atoms with E-state index in [9.17, 15) is 5.11 Å². The minimum Gasteiger partial charge on any atom is -0.388 e. The van der Waals surface area contributed by atoms with Gasteiger partial charge in [-0.25, -0.2) is 0 Å². The second-order valence-electron chi connectivity index (χ2n) is 6.49. The summed E-state index contributed by atoms with van der Waals surface area (Å²) in [6, 6.07) is 0.379. The van der Waals surface area contributed by atoms with Gasteiger partial charge in [-0.2, -0.15) is 0 Å². The maximum Gasteiger partial charge on any atom is 0.191 e. The smallest absolute Gasteiger partial charge is 0.191 e. The summed E-state index contributed by atoms with van der Waals surface area (Å²) in [5, 5.41) is 17.2. The summed E-state index contributed by atoms with van der Waals surface area (Å²) in [4.78, 5) is 4.60. The zero-order valence-corrected chi connectivity index (χ0v) is 15.1. The molecule has 0 amide bonds. The van der Waals surface area contributed by atoms with Gasteiger partial charge in [0.25, 0.3) is 0 Å². The Kier molecular flexibility index (Phi) is 6.14. The van der Waals surface area contributed by atoms with Crippen LogP contribution in [0.2, 0.25) is 0 Å². The van der Waals surface area contributed by atoms with E-state index in [2.05, 4.69) is 22.5 Å². The summed E-state index contributed by atoms with van der Waals surface area (Å²) in [6.45, 7) is 3.41. The molecule has 0 aromatic heterocycles. The van der Waals surface area contributed by atoms with Gasteiger partial charge in [0.15, 0.2) is 5.96 Å². The fourth-order valence-electron chi connectivity index (χ4n) is 3.70. The van der Waals surface area contributed by atoms with Gasteiger partial charge in [0, 0.05) is 6.54 Å². The number of aliphatic imine (C=N–C) groups is 1. The molecule has 3 fully saturated rings. The van der Waals surface area contributed by atoms with Crippen LogP contribution in [-0.4, -0.2) is 48.0 Å². The van der Waals surface area contributed by atoms with Crippen molar-refractivity contribution in [3.63, 3.8) is 0 Å². The van der Waals surface area contributed by atoms with Crippen molar-refractivity contribution in [2.24, 2.45) is 4.99 Å². The van der Waals surface area contributed by atoms with Gasteiger partial charge in [-0.1, -0.05) is 12.8 Å². The van der Waals surface area contributed by atoms with Crippen LogP contribution in [0.3, 0.4) is 0 Å². The zero-order valence-electron chi connectivity index (χ0n) is 12.8. The Morgan fingerprint density at radius 1 is 1.33 bits per heavy atom. The van der Waals surface area contributed by atoms with E-state index < -0.39 is 5.60 Å². The molecule has 5 nitrogen and oxygen atoms in total. The highest BCUT2D eigenvalue weighted by molar-refractivity contribution is 14.0. The van der Waals surface area contributed by atoms with Crippen LogP contribution in [0, 0.1) is 0 Å². The Morgan fingerprint density at radius 3 is 2.67 bits per heavy atom. The first-order valence-electron chi connectivity index (χ1n) is 8.11. The molecule has 2 aliphatic heterocycles. The Hall–Kier alpha value is -0.0800. The number of aliphatic hydroxyl groups is 1. The summed E-state index contributed by atoms with van der Waals surface area (Å²) in [6.07, 6.45) is 8.24. The molecule has 3 rings (SSSR count). The van der Waals surface area contributed by atoms with Crippen molar-refractivity contribution in [3.8, 4) is 0 Å². The van der Waals surface area contributed by atoms with Gasteiger partial charge in [-0.15, -0.1) is 24.0 Å².